The molecule has 1 amide bonds. The molecule has 0 radical (unpaired) electrons. The number of carbonyl (C=O) groups excluding carboxylic acids is 1. The zero-order chi connectivity index (χ0) is 14.3. The maximum absolute atomic E-state index is 13.3. The van der Waals surface area contributed by atoms with Crippen LogP contribution >= 0.6 is 15.9 Å². The Bertz CT molecular complexity index is 440. The van der Waals surface area contributed by atoms with Gasteiger partial charge >= 0.3 is 0 Å². The fourth-order valence-corrected chi connectivity index (χ4v) is 1.83. The summed E-state index contributed by atoms with van der Waals surface area (Å²) in [6, 6.07) is 2.70. The fraction of sp³-hybridized carbons (Fsp3) is 0.462. The molecule has 0 fully saturated rings. The van der Waals surface area contributed by atoms with Gasteiger partial charge in [-0.1, -0.05) is 0 Å². The van der Waals surface area contributed by atoms with E-state index in [9.17, 15) is 9.18 Å². The third-order valence-corrected chi connectivity index (χ3v) is 3.02. The van der Waals surface area contributed by atoms with Crippen LogP contribution in [0.15, 0.2) is 16.6 Å². The molecule has 1 aromatic carbocycles. The van der Waals surface area contributed by atoms with Crippen molar-refractivity contribution in [3.63, 3.8) is 0 Å². The van der Waals surface area contributed by atoms with Crippen molar-refractivity contribution in [2.24, 2.45) is 0 Å². The van der Waals surface area contributed by atoms with Gasteiger partial charge in [-0.25, -0.2) is 4.39 Å². The lowest BCUT2D eigenvalue weighted by molar-refractivity contribution is -0.116. The minimum absolute atomic E-state index is 0.156. The lowest BCUT2D eigenvalue weighted by Crippen LogP contribution is -2.13. The highest BCUT2D eigenvalue weighted by Crippen LogP contribution is 2.30. The lowest BCUT2D eigenvalue weighted by Gasteiger charge is -2.11. The topological polar surface area (TPSA) is 47.6 Å². The van der Waals surface area contributed by atoms with Gasteiger partial charge < -0.3 is 14.8 Å². The number of benzene rings is 1. The van der Waals surface area contributed by atoms with Gasteiger partial charge in [0.1, 0.15) is 11.6 Å². The normalized spacial score (nSPS) is 10.3. The van der Waals surface area contributed by atoms with Crippen molar-refractivity contribution < 1.29 is 18.7 Å². The van der Waals surface area contributed by atoms with E-state index in [-0.39, 0.29) is 10.4 Å². The second kappa shape index (κ2) is 8.12. The Morgan fingerprint density at radius 2 is 2.21 bits per heavy atom. The van der Waals surface area contributed by atoms with Crippen molar-refractivity contribution in [2.75, 3.05) is 25.6 Å². The summed E-state index contributed by atoms with van der Waals surface area (Å²) in [4.78, 5) is 11.7. The minimum Gasteiger partial charge on any atom is -0.494 e. The molecule has 1 N–H and O–H groups in total. The first-order valence-corrected chi connectivity index (χ1v) is 6.78. The van der Waals surface area contributed by atoms with Gasteiger partial charge in [-0.05, 0) is 35.3 Å². The molecular formula is C13H17BrFNO3. The number of hydrogen-bond acceptors (Lipinski definition) is 3. The molecule has 0 spiro atoms. The standard InChI is InChI=1S/C13H17BrFNO3/c1-3-19-6-4-5-13(17)16-11-7-9(14)10(15)8-12(11)18-2/h7-8H,3-6H2,1-2H3,(H,16,17). The predicted octanol–water partition coefficient (Wildman–Crippen LogP) is 3.35. The molecule has 19 heavy (non-hydrogen) atoms. The van der Waals surface area contributed by atoms with Crippen molar-refractivity contribution >= 4 is 27.5 Å². The molecule has 6 heteroatoms. The second-order valence-electron chi connectivity index (χ2n) is 3.82. The second-order valence-corrected chi connectivity index (χ2v) is 4.67. The van der Waals surface area contributed by atoms with E-state index in [1.165, 1.54) is 19.2 Å². The number of halogens is 2. The Morgan fingerprint density at radius 1 is 1.47 bits per heavy atom. The van der Waals surface area contributed by atoms with Crippen molar-refractivity contribution in [3.05, 3.63) is 22.4 Å². The quantitative estimate of drug-likeness (QED) is 0.778. The monoisotopic (exact) mass is 333 g/mol. The predicted molar refractivity (Wildman–Crippen MR) is 75.0 cm³/mol. The fourth-order valence-electron chi connectivity index (χ4n) is 1.49. The number of methoxy groups -OCH3 is 1. The summed E-state index contributed by atoms with van der Waals surface area (Å²) in [7, 11) is 1.42. The van der Waals surface area contributed by atoms with E-state index >= 15 is 0 Å². The largest absolute Gasteiger partial charge is 0.494 e. The number of ether oxygens (including phenoxy) is 2. The highest BCUT2D eigenvalue weighted by Gasteiger charge is 2.11. The first kappa shape index (κ1) is 15.9. The molecule has 0 bridgehead atoms. The Morgan fingerprint density at radius 3 is 2.84 bits per heavy atom. The third kappa shape index (κ3) is 5.16. The molecule has 1 rings (SSSR count). The van der Waals surface area contributed by atoms with E-state index in [2.05, 4.69) is 21.2 Å². The maximum atomic E-state index is 13.3. The van der Waals surface area contributed by atoms with Gasteiger partial charge in [-0.3, -0.25) is 4.79 Å². The minimum atomic E-state index is -0.439. The maximum Gasteiger partial charge on any atom is 0.224 e. The van der Waals surface area contributed by atoms with Gasteiger partial charge in [0.05, 0.1) is 17.3 Å². The molecular weight excluding hydrogens is 317 g/mol. The van der Waals surface area contributed by atoms with Crippen molar-refractivity contribution in [1.29, 1.82) is 0 Å². The first-order valence-electron chi connectivity index (χ1n) is 5.99. The number of rotatable bonds is 7. The molecule has 0 saturated heterocycles. The van der Waals surface area contributed by atoms with Crippen LogP contribution in [0.3, 0.4) is 0 Å². The highest BCUT2D eigenvalue weighted by molar-refractivity contribution is 9.10. The molecule has 0 aliphatic rings. The third-order valence-electron chi connectivity index (χ3n) is 2.41. The number of anilines is 1. The van der Waals surface area contributed by atoms with E-state index in [1.54, 1.807) is 0 Å². The van der Waals surface area contributed by atoms with Gasteiger partial charge in [-0.2, -0.15) is 0 Å². The number of hydrogen-bond donors (Lipinski definition) is 1. The van der Waals surface area contributed by atoms with Crippen molar-refractivity contribution in [3.8, 4) is 5.75 Å². The van der Waals surface area contributed by atoms with Crippen LogP contribution in [0.2, 0.25) is 0 Å². The molecule has 0 atom stereocenters. The van der Waals surface area contributed by atoms with E-state index in [0.29, 0.717) is 37.5 Å². The van der Waals surface area contributed by atoms with Crippen LogP contribution in [0.4, 0.5) is 10.1 Å². The van der Waals surface area contributed by atoms with E-state index in [1.807, 2.05) is 6.92 Å². The number of amides is 1. The van der Waals surface area contributed by atoms with E-state index < -0.39 is 5.82 Å². The van der Waals surface area contributed by atoms with E-state index in [0.717, 1.165) is 0 Å². The van der Waals surface area contributed by atoms with Crippen LogP contribution < -0.4 is 10.1 Å². The van der Waals surface area contributed by atoms with Crippen LogP contribution in [0.25, 0.3) is 0 Å². The van der Waals surface area contributed by atoms with E-state index in [4.69, 9.17) is 9.47 Å². The average molecular weight is 334 g/mol. The van der Waals surface area contributed by atoms with Crippen LogP contribution in [0, 0.1) is 5.82 Å². The first-order chi connectivity index (χ1) is 9.08. The van der Waals surface area contributed by atoms with Crippen molar-refractivity contribution in [2.45, 2.75) is 19.8 Å². The summed E-state index contributed by atoms with van der Waals surface area (Å²) in [5.41, 5.74) is 0.442. The zero-order valence-corrected chi connectivity index (χ0v) is 12.5. The molecule has 1 aromatic rings. The molecule has 0 aliphatic carbocycles. The summed E-state index contributed by atoms with van der Waals surface area (Å²) in [6.45, 7) is 3.09. The Hall–Kier alpha value is -1.14. The summed E-state index contributed by atoms with van der Waals surface area (Å²) in [5, 5.41) is 2.69. The highest BCUT2D eigenvalue weighted by atomic mass is 79.9. The summed E-state index contributed by atoms with van der Waals surface area (Å²) in [5.74, 6) is -0.304. The summed E-state index contributed by atoms with van der Waals surface area (Å²) in [6.07, 6.45) is 0.989. The lowest BCUT2D eigenvalue weighted by atomic mass is 10.2. The van der Waals surface area contributed by atoms with Crippen LogP contribution in [0.1, 0.15) is 19.8 Å². The Balaban J connectivity index is 2.60. The summed E-state index contributed by atoms with van der Waals surface area (Å²) >= 11 is 3.07. The van der Waals surface area contributed by atoms with Gasteiger partial charge in [0.2, 0.25) is 5.91 Å². The molecule has 0 aromatic heterocycles. The molecule has 0 aliphatic heterocycles. The molecule has 0 saturated carbocycles. The Labute approximate surface area is 120 Å². The number of nitrogens with one attached hydrogen (secondary N) is 1. The van der Waals surface area contributed by atoms with Crippen molar-refractivity contribution in [1.82, 2.24) is 0 Å². The van der Waals surface area contributed by atoms with Gasteiger partial charge in [0.15, 0.2) is 0 Å². The number of carbonyl (C=O) groups is 1. The average Bonchev–Trinajstić information content (AvgIpc) is 2.38. The smallest absolute Gasteiger partial charge is 0.224 e. The zero-order valence-electron chi connectivity index (χ0n) is 11.0. The van der Waals surface area contributed by atoms with Crippen LogP contribution in [-0.4, -0.2) is 26.2 Å². The van der Waals surface area contributed by atoms with Gasteiger partial charge in [0.25, 0.3) is 0 Å². The van der Waals surface area contributed by atoms with Crippen LogP contribution in [0.5, 0.6) is 5.75 Å². The Kier molecular flexibility index (Phi) is 6.80. The van der Waals surface area contributed by atoms with Gasteiger partial charge in [-0.15, -0.1) is 0 Å². The van der Waals surface area contributed by atoms with Crippen LogP contribution in [-0.2, 0) is 9.53 Å². The summed E-state index contributed by atoms with van der Waals surface area (Å²) < 4.78 is 23.8. The molecule has 4 nitrogen and oxygen atoms in total. The molecule has 0 unspecified atom stereocenters. The molecule has 106 valence electrons. The SMILES string of the molecule is CCOCCCC(=O)Nc1cc(Br)c(F)cc1OC. The molecule has 0 heterocycles. The van der Waals surface area contributed by atoms with Gasteiger partial charge in [0, 0.05) is 25.7 Å².